The third-order valence-corrected chi connectivity index (χ3v) is 3.95. The van der Waals surface area contributed by atoms with Crippen LogP contribution in [0.25, 0.3) is 5.57 Å². The number of hydrogen-bond acceptors (Lipinski definition) is 1. The van der Waals surface area contributed by atoms with Crippen LogP contribution in [0.15, 0.2) is 29.8 Å². The maximum Gasteiger partial charge on any atom is 0.0678 e. The smallest absolute Gasteiger partial charge is 0.0678 e. The molecule has 0 spiro atoms. The second kappa shape index (κ2) is 5.46. The molecule has 0 heterocycles. The van der Waals surface area contributed by atoms with Gasteiger partial charge >= 0.3 is 0 Å². The lowest BCUT2D eigenvalue weighted by molar-refractivity contribution is 0.215. The molecule has 18 heavy (non-hydrogen) atoms. The van der Waals surface area contributed by atoms with Gasteiger partial charge in [-0.1, -0.05) is 37.6 Å². The largest absolute Gasteiger partial charge is 0.380 e. The van der Waals surface area contributed by atoms with E-state index in [1.54, 1.807) is 7.11 Å². The molecule has 0 bridgehead atoms. The van der Waals surface area contributed by atoms with E-state index < -0.39 is 0 Å². The van der Waals surface area contributed by atoms with E-state index in [0.717, 1.165) is 24.5 Å². The second-order valence-corrected chi connectivity index (χ2v) is 6.30. The van der Waals surface area contributed by atoms with Crippen molar-refractivity contribution in [3.8, 4) is 0 Å². The molecule has 1 aromatic carbocycles. The summed E-state index contributed by atoms with van der Waals surface area (Å²) in [6, 6.07) is 8.18. The zero-order chi connectivity index (χ0) is 13.2. The number of halogens is 1. The van der Waals surface area contributed by atoms with Crippen LogP contribution < -0.4 is 0 Å². The molecule has 1 nitrogen and oxygen atoms in total. The Kier molecular flexibility index (Phi) is 4.14. The van der Waals surface area contributed by atoms with E-state index in [0.29, 0.717) is 5.41 Å². The standard InChI is InChI=1S/C16H21ClO/c1-16(2)9-8-13(11-18-3)15(10-16)12-4-6-14(17)7-5-12/h4-7H,8-11H2,1-3H3. The van der Waals surface area contributed by atoms with Crippen molar-refractivity contribution in [1.82, 2.24) is 0 Å². The summed E-state index contributed by atoms with van der Waals surface area (Å²) >= 11 is 5.96. The Labute approximate surface area is 115 Å². The highest BCUT2D eigenvalue weighted by Crippen LogP contribution is 2.43. The van der Waals surface area contributed by atoms with Crippen molar-refractivity contribution in [2.24, 2.45) is 5.41 Å². The van der Waals surface area contributed by atoms with E-state index in [1.165, 1.54) is 23.1 Å². The second-order valence-electron chi connectivity index (χ2n) is 5.86. The zero-order valence-electron chi connectivity index (χ0n) is 11.4. The van der Waals surface area contributed by atoms with Gasteiger partial charge in [0.05, 0.1) is 6.61 Å². The fourth-order valence-electron chi connectivity index (χ4n) is 2.62. The molecule has 0 amide bonds. The van der Waals surface area contributed by atoms with Gasteiger partial charge in [-0.25, -0.2) is 0 Å². The van der Waals surface area contributed by atoms with Gasteiger partial charge in [-0.3, -0.25) is 0 Å². The molecule has 0 N–H and O–H groups in total. The number of rotatable bonds is 3. The van der Waals surface area contributed by atoms with Crippen molar-refractivity contribution < 1.29 is 4.74 Å². The molecule has 0 atom stereocenters. The Morgan fingerprint density at radius 3 is 2.50 bits per heavy atom. The molecule has 0 fully saturated rings. The summed E-state index contributed by atoms with van der Waals surface area (Å²) in [5.41, 5.74) is 4.56. The van der Waals surface area contributed by atoms with Gasteiger partial charge in [0.1, 0.15) is 0 Å². The van der Waals surface area contributed by atoms with Crippen LogP contribution in [-0.4, -0.2) is 13.7 Å². The fraction of sp³-hybridized carbons (Fsp3) is 0.500. The number of ether oxygens (including phenoxy) is 1. The van der Waals surface area contributed by atoms with Gasteiger partial charge in [0, 0.05) is 12.1 Å². The minimum atomic E-state index is 0.381. The molecule has 0 saturated carbocycles. The first-order valence-electron chi connectivity index (χ1n) is 6.48. The molecule has 0 radical (unpaired) electrons. The van der Waals surface area contributed by atoms with Gasteiger partial charge in [-0.15, -0.1) is 0 Å². The first-order valence-corrected chi connectivity index (χ1v) is 6.85. The first kappa shape index (κ1) is 13.6. The van der Waals surface area contributed by atoms with Crippen LogP contribution in [0.2, 0.25) is 5.02 Å². The number of benzene rings is 1. The van der Waals surface area contributed by atoms with Crippen molar-refractivity contribution in [3.63, 3.8) is 0 Å². The van der Waals surface area contributed by atoms with Gasteiger partial charge < -0.3 is 4.74 Å². The SMILES string of the molecule is COCC1=C(c2ccc(Cl)cc2)CC(C)(C)CC1. The normalized spacial score (nSPS) is 19.1. The van der Waals surface area contributed by atoms with Gasteiger partial charge in [0.25, 0.3) is 0 Å². The summed E-state index contributed by atoms with van der Waals surface area (Å²) in [5.74, 6) is 0. The lowest BCUT2D eigenvalue weighted by atomic mass is 9.73. The van der Waals surface area contributed by atoms with Crippen LogP contribution in [0, 0.1) is 5.41 Å². The quantitative estimate of drug-likeness (QED) is 0.751. The van der Waals surface area contributed by atoms with Crippen LogP contribution >= 0.6 is 11.6 Å². The maximum absolute atomic E-state index is 5.96. The third kappa shape index (κ3) is 3.15. The van der Waals surface area contributed by atoms with Crippen LogP contribution in [0.1, 0.15) is 38.7 Å². The van der Waals surface area contributed by atoms with Crippen molar-refractivity contribution in [1.29, 1.82) is 0 Å². The monoisotopic (exact) mass is 264 g/mol. The fourth-order valence-corrected chi connectivity index (χ4v) is 2.75. The van der Waals surface area contributed by atoms with Crippen molar-refractivity contribution in [3.05, 3.63) is 40.4 Å². The summed E-state index contributed by atoms with van der Waals surface area (Å²) in [7, 11) is 1.77. The summed E-state index contributed by atoms with van der Waals surface area (Å²) in [6.45, 7) is 5.42. The van der Waals surface area contributed by atoms with Gasteiger partial charge in [-0.2, -0.15) is 0 Å². The molecule has 1 aliphatic rings. The molecule has 0 aliphatic heterocycles. The van der Waals surface area contributed by atoms with E-state index in [1.807, 2.05) is 12.1 Å². The average molecular weight is 265 g/mol. The van der Waals surface area contributed by atoms with Crippen LogP contribution in [0.3, 0.4) is 0 Å². The molecule has 98 valence electrons. The lowest BCUT2D eigenvalue weighted by Crippen LogP contribution is -2.19. The molecule has 0 unspecified atom stereocenters. The van der Waals surface area contributed by atoms with E-state index >= 15 is 0 Å². The molecule has 2 rings (SSSR count). The minimum Gasteiger partial charge on any atom is -0.380 e. The summed E-state index contributed by atoms with van der Waals surface area (Å²) < 4.78 is 5.34. The number of hydrogen-bond donors (Lipinski definition) is 0. The van der Waals surface area contributed by atoms with Crippen LogP contribution in [-0.2, 0) is 4.74 Å². The molecule has 1 aromatic rings. The maximum atomic E-state index is 5.96. The van der Waals surface area contributed by atoms with E-state index in [9.17, 15) is 0 Å². The zero-order valence-corrected chi connectivity index (χ0v) is 12.2. The molecule has 2 heteroatoms. The van der Waals surface area contributed by atoms with E-state index in [4.69, 9.17) is 16.3 Å². The average Bonchev–Trinajstić information content (AvgIpc) is 2.32. The van der Waals surface area contributed by atoms with Gasteiger partial charge in [-0.05, 0) is 53.5 Å². The van der Waals surface area contributed by atoms with E-state index in [2.05, 4.69) is 26.0 Å². The topological polar surface area (TPSA) is 9.23 Å². The first-order chi connectivity index (χ1) is 8.52. The van der Waals surface area contributed by atoms with E-state index in [-0.39, 0.29) is 0 Å². The van der Waals surface area contributed by atoms with Crippen molar-refractivity contribution >= 4 is 17.2 Å². The summed E-state index contributed by atoms with van der Waals surface area (Å²) in [4.78, 5) is 0. The van der Waals surface area contributed by atoms with Crippen molar-refractivity contribution in [2.75, 3.05) is 13.7 Å². The minimum absolute atomic E-state index is 0.381. The highest BCUT2D eigenvalue weighted by molar-refractivity contribution is 6.30. The third-order valence-electron chi connectivity index (χ3n) is 3.70. The number of allylic oxidation sites excluding steroid dienone is 1. The van der Waals surface area contributed by atoms with Crippen LogP contribution in [0.4, 0.5) is 0 Å². The predicted molar refractivity (Wildman–Crippen MR) is 77.9 cm³/mol. The highest BCUT2D eigenvalue weighted by Gasteiger charge is 2.27. The number of methoxy groups -OCH3 is 1. The Morgan fingerprint density at radius 2 is 1.89 bits per heavy atom. The van der Waals surface area contributed by atoms with Crippen LogP contribution in [0.5, 0.6) is 0 Å². The lowest BCUT2D eigenvalue weighted by Gasteiger charge is -2.33. The van der Waals surface area contributed by atoms with Gasteiger partial charge in [0.2, 0.25) is 0 Å². The molecule has 0 saturated heterocycles. The molecule has 1 aliphatic carbocycles. The summed E-state index contributed by atoms with van der Waals surface area (Å²) in [6.07, 6.45) is 3.49. The molecular weight excluding hydrogens is 244 g/mol. The Morgan fingerprint density at radius 1 is 1.22 bits per heavy atom. The summed E-state index contributed by atoms with van der Waals surface area (Å²) in [5, 5.41) is 0.794. The predicted octanol–water partition coefficient (Wildman–Crippen LogP) is 4.95. The molecule has 0 aromatic heterocycles. The Hall–Kier alpha value is -0.790. The highest BCUT2D eigenvalue weighted by atomic mass is 35.5. The molecular formula is C16H21ClO. The van der Waals surface area contributed by atoms with Gasteiger partial charge in [0.15, 0.2) is 0 Å². The Bertz CT molecular complexity index is 443. The Balaban J connectivity index is 2.37. The van der Waals surface area contributed by atoms with Crippen molar-refractivity contribution in [2.45, 2.75) is 33.1 Å².